The van der Waals surface area contributed by atoms with Crippen LogP contribution < -0.4 is 15.5 Å². The van der Waals surface area contributed by atoms with Gasteiger partial charge in [0.05, 0.1) is 17.1 Å². The van der Waals surface area contributed by atoms with E-state index < -0.39 is 6.85 Å². The molecule has 1 fully saturated rings. The number of hydrogen-bond donors (Lipinski definition) is 3. The van der Waals surface area contributed by atoms with Gasteiger partial charge in [-0.3, -0.25) is 10.2 Å². The Morgan fingerprint density at radius 2 is 2.10 bits per heavy atom. The molecular weight excluding hydrogens is 394 g/mol. The first-order chi connectivity index (χ1) is 16.3. The van der Waals surface area contributed by atoms with Crippen LogP contribution in [0, 0.1) is 6.85 Å². The van der Waals surface area contributed by atoms with Gasteiger partial charge in [-0.2, -0.15) is 0 Å². The highest BCUT2D eigenvalue weighted by Gasteiger charge is 2.20. The lowest BCUT2D eigenvalue weighted by molar-refractivity contribution is 0.247. The number of nitrogens with zero attached hydrogens (tertiary/aromatic N) is 6. The molecule has 0 aromatic carbocycles. The van der Waals surface area contributed by atoms with Crippen molar-refractivity contribution in [2.45, 2.75) is 20.3 Å². The van der Waals surface area contributed by atoms with Gasteiger partial charge in [-0.15, -0.1) is 0 Å². The largest absolute Gasteiger partial charge is 0.368 e. The molecule has 0 atom stereocenters. The molecule has 0 bridgehead atoms. The molecule has 3 aromatic heterocycles. The fourth-order valence-corrected chi connectivity index (χ4v) is 3.49. The normalized spacial score (nSPS) is 16.3. The molecule has 31 heavy (non-hydrogen) atoms. The molecule has 0 unspecified atom stereocenters. The minimum absolute atomic E-state index is 0.0757. The zero-order valence-electron chi connectivity index (χ0n) is 20.3. The average molecular weight is 425 g/mol. The predicted octanol–water partition coefficient (Wildman–Crippen LogP) is 2.03. The molecule has 0 aliphatic carbocycles. The highest BCUT2D eigenvalue weighted by atomic mass is 16.2. The summed E-state index contributed by atoms with van der Waals surface area (Å²) in [4.78, 5) is 36.0. The van der Waals surface area contributed by atoms with E-state index in [0.717, 1.165) is 18.8 Å². The minimum atomic E-state index is -2.34. The molecule has 0 saturated carbocycles. The summed E-state index contributed by atoms with van der Waals surface area (Å²) in [6, 6.07) is 5.05. The lowest BCUT2D eigenvalue weighted by Gasteiger charge is -2.36. The summed E-state index contributed by atoms with van der Waals surface area (Å²) in [6.45, 7) is 3.38. The number of piperazine rings is 1. The topological polar surface area (TPSA) is 115 Å². The van der Waals surface area contributed by atoms with Crippen molar-refractivity contribution >= 4 is 17.5 Å². The van der Waals surface area contributed by atoms with Crippen LogP contribution in [-0.2, 0) is 6.54 Å². The molecule has 3 N–H and O–H groups in total. The highest BCUT2D eigenvalue weighted by molar-refractivity contribution is 5.88. The molecule has 10 heteroatoms. The fraction of sp³-hybridized carbons (Fsp3) is 0.381. The first kappa shape index (κ1) is 17.2. The molecule has 0 spiro atoms. The number of carbonyl (C=O) groups is 1. The number of rotatable bonds is 6. The van der Waals surface area contributed by atoms with Crippen molar-refractivity contribution in [3.8, 4) is 11.5 Å². The Kier molecular flexibility index (Phi) is 5.28. The number of hydrogen-bond acceptors (Lipinski definition) is 7. The third-order valence-electron chi connectivity index (χ3n) is 5.02. The maximum atomic E-state index is 11.7. The number of H-pyrrole nitrogens is 1. The van der Waals surface area contributed by atoms with Gasteiger partial charge in [0.1, 0.15) is 17.8 Å². The molecule has 2 amide bonds. The lowest BCUT2D eigenvalue weighted by atomic mass is 10.2. The number of pyridine rings is 1. The maximum Gasteiger partial charge on any atom is 0.320 e. The summed E-state index contributed by atoms with van der Waals surface area (Å²) in [5, 5.41) is 5.35. The quantitative estimate of drug-likeness (QED) is 0.555. The molecule has 10 nitrogen and oxygen atoms in total. The van der Waals surface area contributed by atoms with E-state index in [1.807, 2.05) is 13.0 Å². The van der Waals surface area contributed by atoms with Crippen LogP contribution in [0.25, 0.3) is 11.5 Å². The van der Waals surface area contributed by atoms with Gasteiger partial charge < -0.3 is 15.2 Å². The zero-order chi connectivity index (χ0) is 24.1. The molecule has 1 aliphatic rings. The number of urea groups is 1. The van der Waals surface area contributed by atoms with Gasteiger partial charge in [0.25, 0.3) is 0 Å². The van der Waals surface area contributed by atoms with Crippen molar-refractivity contribution in [2.75, 3.05) is 42.9 Å². The summed E-state index contributed by atoms with van der Waals surface area (Å²) in [6.07, 6.45) is 4.72. The highest BCUT2D eigenvalue weighted by Crippen LogP contribution is 2.23. The first-order valence-corrected chi connectivity index (χ1v) is 10.2. The van der Waals surface area contributed by atoms with Crippen LogP contribution in [0.1, 0.15) is 22.4 Å². The van der Waals surface area contributed by atoms with Gasteiger partial charge in [0.15, 0.2) is 5.82 Å². The Labute approximate surface area is 185 Å². The molecule has 4 rings (SSSR count). The summed E-state index contributed by atoms with van der Waals surface area (Å²) in [7, 11) is 0. The maximum absolute atomic E-state index is 11.7. The molecule has 162 valence electrons. The van der Waals surface area contributed by atoms with E-state index in [9.17, 15) is 4.79 Å². The number of aryl methyl sites for hydroxylation is 1. The second-order valence-electron chi connectivity index (χ2n) is 7.14. The second kappa shape index (κ2) is 9.52. The number of imidazole rings is 1. The minimum Gasteiger partial charge on any atom is -0.368 e. The summed E-state index contributed by atoms with van der Waals surface area (Å²) in [5.41, 5.74) is 1.99. The average Bonchev–Trinajstić information content (AvgIpc) is 3.34. The van der Waals surface area contributed by atoms with E-state index in [2.05, 4.69) is 45.4 Å². The Bertz CT molecular complexity index is 1110. The van der Waals surface area contributed by atoms with Crippen LogP contribution in [0.4, 0.5) is 16.3 Å². The van der Waals surface area contributed by atoms with Crippen LogP contribution >= 0.6 is 0 Å². The first-order valence-electron chi connectivity index (χ1n) is 11.7. The van der Waals surface area contributed by atoms with Crippen molar-refractivity contribution in [3.63, 3.8) is 0 Å². The van der Waals surface area contributed by atoms with Crippen molar-refractivity contribution in [1.82, 2.24) is 35.1 Å². The van der Waals surface area contributed by atoms with Gasteiger partial charge in [-0.25, -0.2) is 24.7 Å². The van der Waals surface area contributed by atoms with Crippen LogP contribution in [0.3, 0.4) is 0 Å². The van der Waals surface area contributed by atoms with Gasteiger partial charge >= 0.3 is 6.03 Å². The smallest absolute Gasteiger partial charge is 0.320 e. The van der Waals surface area contributed by atoms with E-state index >= 15 is 0 Å². The zero-order valence-corrected chi connectivity index (χ0v) is 17.3. The van der Waals surface area contributed by atoms with Crippen LogP contribution in [0.15, 0.2) is 36.9 Å². The Balaban J connectivity index is 1.42. The second-order valence-corrected chi connectivity index (χ2v) is 7.14. The van der Waals surface area contributed by atoms with Crippen molar-refractivity contribution in [3.05, 3.63) is 48.3 Å². The van der Waals surface area contributed by atoms with Crippen molar-refractivity contribution in [1.29, 1.82) is 0 Å². The third kappa shape index (κ3) is 5.15. The number of carbonyl (C=O) groups excluding carboxylic acids is 1. The predicted molar refractivity (Wildman–Crippen MR) is 119 cm³/mol. The summed E-state index contributed by atoms with van der Waals surface area (Å²) >= 11 is 0. The van der Waals surface area contributed by atoms with Gasteiger partial charge in [0, 0.05) is 61.8 Å². The molecule has 1 saturated heterocycles. The lowest BCUT2D eigenvalue weighted by Crippen LogP contribution is -2.46. The standard InChI is InChI=1S/C21H27N9O/c1-3-22-21(31)28-19-12-16(25-14-26-19)13-29-8-10-30(11-9-29)18-5-4-17(27-15(18)2)20-23-6-7-24-20/h4-7,12,14H,3,8-11,13H2,1-2H3,(H,23,24)(H2,22,25,26,28,31)/i2D3. The number of anilines is 2. The monoisotopic (exact) mass is 424 g/mol. The van der Waals surface area contributed by atoms with Gasteiger partial charge in [-0.05, 0) is 25.9 Å². The molecular formula is C21H27N9O. The van der Waals surface area contributed by atoms with E-state index in [1.54, 1.807) is 24.5 Å². The fourth-order valence-electron chi connectivity index (χ4n) is 3.49. The Hall–Kier alpha value is -3.53. The number of aromatic amines is 1. The Morgan fingerprint density at radius 3 is 2.84 bits per heavy atom. The number of aromatic nitrogens is 5. The van der Waals surface area contributed by atoms with Gasteiger partial charge in [0.2, 0.25) is 0 Å². The summed E-state index contributed by atoms with van der Waals surface area (Å²) < 4.78 is 24.0. The van der Waals surface area contributed by atoms with E-state index in [1.165, 1.54) is 6.33 Å². The molecule has 1 aliphatic heterocycles. The summed E-state index contributed by atoms with van der Waals surface area (Å²) in [5.74, 6) is 0.979. The van der Waals surface area contributed by atoms with Crippen LogP contribution in [-0.4, -0.2) is 68.6 Å². The van der Waals surface area contributed by atoms with Crippen LogP contribution in [0.2, 0.25) is 0 Å². The molecule has 3 aromatic rings. The van der Waals surface area contributed by atoms with Crippen molar-refractivity contribution in [2.24, 2.45) is 0 Å². The van der Waals surface area contributed by atoms with Crippen molar-refractivity contribution < 1.29 is 8.91 Å². The molecule has 4 heterocycles. The number of nitrogens with one attached hydrogen (secondary N) is 3. The van der Waals surface area contributed by atoms with Crippen LogP contribution in [0.5, 0.6) is 0 Å². The van der Waals surface area contributed by atoms with E-state index in [0.29, 0.717) is 49.2 Å². The third-order valence-corrected chi connectivity index (χ3v) is 5.02. The van der Waals surface area contributed by atoms with E-state index in [-0.39, 0.29) is 11.7 Å². The number of amides is 2. The van der Waals surface area contributed by atoms with E-state index in [4.69, 9.17) is 4.11 Å². The SMILES string of the molecule is [2H]C([2H])([2H])c1nc(-c2ncc[nH]2)ccc1N1CCN(Cc2cc(NC(=O)NCC)ncn2)CC1. The molecule has 0 radical (unpaired) electrons. The Morgan fingerprint density at radius 1 is 1.23 bits per heavy atom. The van der Waals surface area contributed by atoms with Gasteiger partial charge in [-0.1, -0.05) is 0 Å².